The number of nitriles is 1. The lowest BCUT2D eigenvalue weighted by Crippen LogP contribution is -2.27. The van der Waals surface area contributed by atoms with Crippen LogP contribution in [0.4, 0.5) is 24.5 Å². The molecule has 0 aliphatic heterocycles. The van der Waals surface area contributed by atoms with Crippen LogP contribution in [0.2, 0.25) is 0 Å². The Morgan fingerprint density at radius 2 is 1.63 bits per heavy atom. The van der Waals surface area contributed by atoms with Crippen LogP contribution in [0.5, 0.6) is 0 Å². The third-order valence-corrected chi connectivity index (χ3v) is 4.40. The zero-order valence-electron chi connectivity index (χ0n) is 15.8. The van der Waals surface area contributed by atoms with E-state index in [0.29, 0.717) is 11.3 Å². The van der Waals surface area contributed by atoms with E-state index in [2.05, 4.69) is 16.7 Å². The third-order valence-electron chi connectivity index (χ3n) is 4.40. The highest BCUT2D eigenvalue weighted by atomic mass is 19.4. The summed E-state index contributed by atoms with van der Waals surface area (Å²) >= 11 is 0. The Balaban J connectivity index is 1.84. The molecule has 0 spiro atoms. The molecule has 0 heterocycles. The van der Waals surface area contributed by atoms with Crippen molar-refractivity contribution in [3.63, 3.8) is 0 Å². The SMILES string of the molecule is N#CCc1ccc(NC(C(=O)Nc2cccc(C(F)(F)F)c2)c2ccccc2)cc1. The van der Waals surface area contributed by atoms with Crippen LogP contribution in [0, 0.1) is 11.3 Å². The lowest BCUT2D eigenvalue weighted by Gasteiger charge is -2.20. The van der Waals surface area contributed by atoms with Crippen LogP contribution in [0.25, 0.3) is 0 Å². The molecule has 30 heavy (non-hydrogen) atoms. The van der Waals surface area contributed by atoms with Crippen molar-refractivity contribution < 1.29 is 18.0 Å². The number of anilines is 2. The van der Waals surface area contributed by atoms with Crippen molar-refractivity contribution in [2.24, 2.45) is 0 Å². The average molecular weight is 409 g/mol. The van der Waals surface area contributed by atoms with Crippen LogP contribution < -0.4 is 10.6 Å². The summed E-state index contributed by atoms with van der Waals surface area (Å²) < 4.78 is 38.9. The molecule has 3 rings (SSSR count). The van der Waals surface area contributed by atoms with Gasteiger partial charge in [-0.2, -0.15) is 18.4 Å². The zero-order valence-corrected chi connectivity index (χ0v) is 15.8. The van der Waals surface area contributed by atoms with Crippen molar-refractivity contribution in [2.45, 2.75) is 18.6 Å². The van der Waals surface area contributed by atoms with E-state index in [1.807, 2.05) is 6.07 Å². The molecule has 152 valence electrons. The van der Waals surface area contributed by atoms with E-state index in [-0.39, 0.29) is 12.1 Å². The highest BCUT2D eigenvalue weighted by Gasteiger charge is 2.30. The fraction of sp³-hybridized carbons (Fsp3) is 0.130. The van der Waals surface area contributed by atoms with Crippen molar-refractivity contribution in [1.82, 2.24) is 0 Å². The number of carbonyl (C=O) groups excluding carboxylic acids is 1. The number of rotatable bonds is 6. The molecule has 1 amide bonds. The van der Waals surface area contributed by atoms with Crippen molar-refractivity contribution in [2.75, 3.05) is 10.6 Å². The first-order chi connectivity index (χ1) is 14.4. The van der Waals surface area contributed by atoms with E-state index in [1.54, 1.807) is 48.5 Å². The van der Waals surface area contributed by atoms with Gasteiger partial charge in [0, 0.05) is 11.4 Å². The molecule has 4 nitrogen and oxygen atoms in total. The van der Waals surface area contributed by atoms with Gasteiger partial charge in [-0.05, 0) is 41.5 Å². The number of alkyl halides is 3. The Morgan fingerprint density at radius 1 is 0.933 bits per heavy atom. The van der Waals surface area contributed by atoms with Crippen LogP contribution in [-0.4, -0.2) is 5.91 Å². The van der Waals surface area contributed by atoms with Crippen molar-refractivity contribution in [3.8, 4) is 6.07 Å². The van der Waals surface area contributed by atoms with Gasteiger partial charge in [0.2, 0.25) is 0 Å². The largest absolute Gasteiger partial charge is 0.416 e. The minimum atomic E-state index is -4.50. The number of hydrogen-bond donors (Lipinski definition) is 2. The molecule has 0 saturated carbocycles. The molecule has 2 N–H and O–H groups in total. The molecule has 1 unspecified atom stereocenters. The molecule has 0 bridgehead atoms. The smallest absolute Gasteiger partial charge is 0.370 e. The first-order valence-corrected chi connectivity index (χ1v) is 9.12. The van der Waals surface area contributed by atoms with Gasteiger partial charge in [0.25, 0.3) is 5.91 Å². The average Bonchev–Trinajstić information content (AvgIpc) is 2.73. The Hall–Kier alpha value is -3.79. The molecule has 0 fully saturated rings. The number of amides is 1. The van der Waals surface area contributed by atoms with E-state index < -0.39 is 23.7 Å². The molecule has 0 aliphatic rings. The predicted molar refractivity (Wildman–Crippen MR) is 109 cm³/mol. The molecule has 0 aliphatic carbocycles. The van der Waals surface area contributed by atoms with Crippen LogP contribution >= 0.6 is 0 Å². The maximum atomic E-state index is 13.0. The summed E-state index contributed by atoms with van der Waals surface area (Å²) in [7, 11) is 0. The van der Waals surface area contributed by atoms with Crippen LogP contribution in [0.15, 0.2) is 78.9 Å². The number of nitrogens with zero attached hydrogens (tertiary/aromatic N) is 1. The molecular formula is C23H18F3N3O. The number of carbonyl (C=O) groups is 1. The Labute approximate surface area is 172 Å². The first kappa shape index (κ1) is 20.9. The highest BCUT2D eigenvalue weighted by Crippen LogP contribution is 2.31. The normalized spacial score (nSPS) is 11.9. The summed E-state index contributed by atoms with van der Waals surface area (Å²) in [4.78, 5) is 12.9. The zero-order chi connectivity index (χ0) is 21.6. The summed E-state index contributed by atoms with van der Waals surface area (Å²) in [5.41, 5.74) is 1.36. The fourth-order valence-corrected chi connectivity index (χ4v) is 2.91. The van der Waals surface area contributed by atoms with Gasteiger partial charge in [-0.1, -0.05) is 48.5 Å². The summed E-state index contributed by atoms with van der Waals surface area (Å²) in [6, 6.07) is 21.7. The van der Waals surface area contributed by atoms with Crippen molar-refractivity contribution in [3.05, 3.63) is 95.6 Å². The topological polar surface area (TPSA) is 64.9 Å². The molecule has 3 aromatic rings. The maximum absolute atomic E-state index is 13.0. The predicted octanol–water partition coefficient (Wildman–Crippen LogP) is 5.56. The van der Waals surface area contributed by atoms with Gasteiger partial charge in [-0.15, -0.1) is 0 Å². The molecule has 0 aromatic heterocycles. The van der Waals surface area contributed by atoms with Crippen LogP contribution in [-0.2, 0) is 17.4 Å². The summed E-state index contributed by atoms with van der Waals surface area (Å²) in [5, 5.41) is 14.4. The second kappa shape index (κ2) is 9.14. The Kier molecular flexibility index (Phi) is 6.38. The number of benzene rings is 3. The summed E-state index contributed by atoms with van der Waals surface area (Å²) in [6.45, 7) is 0. The Morgan fingerprint density at radius 3 is 2.27 bits per heavy atom. The van der Waals surface area contributed by atoms with Gasteiger partial charge in [0.1, 0.15) is 6.04 Å². The van der Waals surface area contributed by atoms with E-state index in [0.717, 1.165) is 17.7 Å². The lowest BCUT2D eigenvalue weighted by molar-refractivity contribution is -0.137. The number of nitrogens with one attached hydrogen (secondary N) is 2. The minimum Gasteiger partial charge on any atom is -0.370 e. The molecule has 1 atom stereocenters. The second-order valence-corrected chi connectivity index (χ2v) is 6.59. The fourth-order valence-electron chi connectivity index (χ4n) is 2.91. The van der Waals surface area contributed by atoms with Crippen molar-refractivity contribution in [1.29, 1.82) is 5.26 Å². The van der Waals surface area contributed by atoms with Gasteiger partial charge in [-0.3, -0.25) is 4.79 Å². The van der Waals surface area contributed by atoms with E-state index >= 15 is 0 Å². The third kappa shape index (κ3) is 5.39. The quantitative estimate of drug-likeness (QED) is 0.560. The molecule has 0 saturated heterocycles. The van der Waals surface area contributed by atoms with E-state index in [1.165, 1.54) is 12.1 Å². The summed E-state index contributed by atoms with van der Waals surface area (Å²) in [5.74, 6) is -0.498. The lowest BCUT2D eigenvalue weighted by atomic mass is 10.0. The second-order valence-electron chi connectivity index (χ2n) is 6.59. The van der Waals surface area contributed by atoms with Gasteiger partial charge >= 0.3 is 6.18 Å². The Bertz CT molecular complexity index is 1040. The van der Waals surface area contributed by atoms with Gasteiger partial charge in [0.05, 0.1) is 18.1 Å². The van der Waals surface area contributed by atoms with Crippen LogP contribution in [0.1, 0.15) is 22.7 Å². The standard InChI is InChI=1S/C23H18F3N3O/c24-23(25,26)18-7-4-8-20(15-18)29-22(30)21(17-5-2-1-3-6-17)28-19-11-9-16(10-12-19)13-14-27/h1-12,15,21,28H,13H2,(H,29,30). The van der Waals surface area contributed by atoms with Crippen LogP contribution in [0.3, 0.4) is 0 Å². The van der Waals surface area contributed by atoms with Gasteiger partial charge < -0.3 is 10.6 Å². The maximum Gasteiger partial charge on any atom is 0.416 e. The monoisotopic (exact) mass is 409 g/mol. The van der Waals surface area contributed by atoms with Gasteiger partial charge in [-0.25, -0.2) is 0 Å². The molecule has 3 aromatic carbocycles. The number of halogens is 3. The minimum absolute atomic E-state index is 0.0573. The first-order valence-electron chi connectivity index (χ1n) is 9.12. The van der Waals surface area contributed by atoms with E-state index in [9.17, 15) is 18.0 Å². The highest BCUT2D eigenvalue weighted by molar-refractivity contribution is 5.97. The molecule has 0 radical (unpaired) electrons. The molecule has 7 heteroatoms. The van der Waals surface area contributed by atoms with E-state index in [4.69, 9.17) is 5.26 Å². The summed E-state index contributed by atoms with van der Waals surface area (Å²) in [6.07, 6.45) is -4.22. The molecular weight excluding hydrogens is 391 g/mol. The van der Waals surface area contributed by atoms with Crippen molar-refractivity contribution >= 4 is 17.3 Å². The number of hydrogen-bond acceptors (Lipinski definition) is 3. The van der Waals surface area contributed by atoms with Gasteiger partial charge in [0.15, 0.2) is 0 Å².